The van der Waals surface area contributed by atoms with Gasteiger partial charge in [-0.3, -0.25) is 0 Å². The largest absolute Gasteiger partial charge is 0.452 e. The van der Waals surface area contributed by atoms with Crippen molar-refractivity contribution in [1.29, 1.82) is 0 Å². The molecule has 0 fully saturated rings. The first-order valence-electron chi connectivity index (χ1n) is 10.2. The minimum Gasteiger partial charge on any atom is -0.452 e. The molecule has 150 valence electrons. The number of fused-ring (bicyclic) bond motifs is 4. The first-order chi connectivity index (χ1) is 15.3. The maximum atomic E-state index is 6.20. The van der Waals surface area contributed by atoms with Gasteiger partial charge in [-0.25, -0.2) is 9.67 Å². The van der Waals surface area contributed by atoms with Gasteiger partial charge in [-0.05, 0) is 23.8 Å². The molecular weight excluding hydrogens is 386 g/mol. The van der Waals surface area contributed by atoms with Gasteiger partial charge in [-0.1, -0.05) is 65.9 Å². The molecule has 31 heavy (non-hydrogen) atoms. The summed E-state index contributed by atoms with van der Waals surface area (Å²) >= 11 is 0. The quantitative estimate of drug-likeness (QED) is 0.417. The van der Waals surface area contributed by atoms with E-state index in [1.165, 1.54) is 5.56 Å². The van der Waals surface area contributed by atoms with Crippen LogP contribution in [0.5, 0.6) is 0 Å². The van der Waals surface area contributed by atoms with Gasteiger partial charge in [0.05, 0.1) is 30.5 Å². The van der Waals surface area contributed by atoms with Crippen molar-refractivity contribution in [2.45, 2.75) is 13.1 Å². The van der Waals surface area contributed by atoms with E-state index < -0.39 is 0 Å². The van der Waals surface area contributed by atoms with Crippen LogP contribution in [-0.4, -0.2) is 20.0 Å². The van der Waals surface area contributed by atoms with Crippen molar-refractivity contribution in [3.8, 4) is 0 Å². The molecule has 0 unspecified atom stereocenters. The van der Waals surface area contributed by atoms with Crippen molar-refractivity contribution in [3.63, 3.8) is 0 Å². The molecule has 6 rings (SSSR count). The number of nitrogens with one attached hydrogen (secondary N) is 1. The normalized spacial score (nSPS) is 11.5. The molecule has 0 aliphatic carbocycles. The summed E-state index contributed by atoms with van der Waals surface area (Å²) in [5, 5.41) is 14.2. The standard InChI is InChI=1S/C25H19N5O/c1-2-8-17(9-3-1)15-30-16-18(28-29-30)14-26-23-19-10-4-6-12-21(19)27-24-20-11-5-7-13-22(20)31-25(23)24/h1-13,16H,14-15H2,(H,26,27). The number of rotatable bonds is 5. The number of anilines is 1. The Labute approximate surface area is 178 Å². The van der Waals surface area contributed by atoms with E-state index in [0.717, 1.165) is 44.4 Å². The molecule has 0 atom stereocenters. The van der Waals surface area contributed by atoms with Crippen LogP contribution < -0.4 is 5.32 Å². The highest BCUT2D eigenvalue weighted by atomic mass is 16.3. The molecule has 0 amide bonds. The second-order valence-electron chi connectivity index (χ2n) is 7.53. The predicted molar refractivity (Wildman–Crippen MR) is 122 cm³/mol. The summed E-state index contributed by atoms with van der Waals surface area (Å²) in [7, 11) is 0. The molecule has 3 heterocycles. The molecule has 0 aliphatic heterocycles. The van der Waals surface area contributed by atoms with E-state index >= 15 is 0 Å². The van der Waals surface area contributed by atoms with Gasteiger partial charge in [0.2, 0.25) is 0 Å². The zero-order valence-corrected chi connectivity index (χ0v) is 16.7. The number of hydrogen-bond donors (Lipinski definition) is 1. The second-order valence-corrected chi connectivity index (χ2v) is 7.53. The molecule has 6 heteroatoms. The van der Waals surface area contributed by atoms with Gasteiger partial charge in [0, 0.05) is 10.8 Å². The summed E-state index contributed by atoms with van der Waals surface area (Å²) in [6, 6.07) is 26.3. The van der Waals surface area contributed by atoms with E-state index in [2.05, 4.69) is 33.8 Å². The smallest absolute Gasteiger partial charge is 0.177 e. The van der Waals surface area contributed by atoms with E-state index in [0.29, 0.717) is 13.1 Å². The lowest BCUT2D eigenvalue weighted by Gasteiger charge is -2.09. The minimum atomic E-state index is 0.537. The Morgan fingerprint density at radius 3 is 2.52 bits per heavy atom. The van der Waals surface area contributed by atoms with E-state index in [4.69, 9.17) is 9.40 Å². The zero-order chi connectivity index (χ0) is 20.6. The van der Waals surface area contributed by atoms with Crippen LogP contribution in [0.4, 0.5) is 5.69 Å². The monoisotopic (exact) mass is 405 g/mol. The van der Waals surface area contributed by atoms with Gasteiger partial charge < -0.3 is 9.73 Å². The van der Waals surface area contributed by atoms with Crippen molar-refractivity contribution >= 4 is 38.7 Å². The molecule has 0 saturated carbocycles. The zero-order valence-electron chi connectivity index (χ0n) is 16.7. The second kappa shape index (κ2) is 7.25. The maximum Gasteiger partial charge on any atom is 0.177 e. The fourth-order valence-corrected chi connectivity index (χ4v) is 3.96. The summed E-state index contributed by atoms with van der Waals surface area (Å²) in [5.41, 5.74) is 6.36. The number of benzene rings is 3. The molecule has 1 N–H and O–H groups in total. The minimum absolute atomic E-state index is 0.537. The third kappa shape index (κ3) is 3.18. The van der Waals surface area contributed by atoms with Crippen LogP contribution in [0.2, 0.25) is 0 Å². The van der Waals surface area contributed by atoms with Gasteiger partial charge >= 0.3 is 0 Å². The van der Waals surface area contributed by atoms with Crippen LogP contribution in [0.3, 0.4) is 0 Å². The number of aromatic nitrogens is 4. The van der Waals surface area contributed by atoms with Gasteiger partial charge in [0.25, 0.3) is 0 Å². The van der Waals surface area contributed by atoms with Crippen molar-refractivity contribution in [1.82, 2.24) is 20.0 Å². The third-order valence-electron chi connectivity index (χ3n) is 5.42. The summed E-state index contributed by atoms with van der Waals surface area (Å²) < 4.78 is 8.05. The highest BCUT2D eigenvalue weighted by Gasteiger charge is 2.16. The van der Waals surface area contributed by atoms with Gasteiger partial charge in [-0.15, -0.1) is 5.10 Å². The summed E-state index contributed by atoms with van der Waals surface area (Å²) in [6.45, 7) is 1.23. The Morgan fingerprint density at radius 2 is 1.61 bits per heavy atom. The van der Waals surface area contributed by atoms with Crippen molar-refractivity contribution in [3.05, 3.63) is 96.3 Å². The Morgan fingerprint density at radius 1 is 0.839 bits per heavy atom. The fraction of sp³-hybridized carbons (Fsp3) is 0.0800. The van der Waals surface area contributed by atoms with Crippen LogP contribution in [0.15, 0.2) is 89.5 Å². The van der Waals surface area contributed by atoms with Gasteiger partial charge in [0.1, 0.15) is 16.8 Å². The SMILES string of the molecule is c1ccc(Cn2cc(CNc3c4ccccc4nc4c3oc3ccccc34)nn2)cc1. The first kappa shape index (κ1) is 17.7. The van der Waals surface area contributed by atoms with E-state index in [-0.39, 0.29) is 0 Å². The lowest BCUT2D eigenvalue weighted by atomic mass is 10.1. The molecule has 3 aromatic heterocycles. The van der Waals surface area contributed by atoms with Gasteiger partial charge in [-0.2, -0.15) is 0 Å². The average Bonchev–Trinajstić information content (AvgIpc) is 3.41. The number of nitrogens with zero attached hydrogens (tertiary/aromatic N) is 4. The summed E-state index contributed by atoms with van der Waals surface area (Å²) in [5.74, 6) is 0. The molecule has 3 aromatic carbocycles. The lowest BCUT2D eigenvalue weighted by Crippen LogP contribution is -2.02. The predicted octanol–water partition coefficient (Wildman–Crippen LogP) is 5.39. The molecular formula is C25H19N5O. The molecule has 0 saturated heterocycles. The van der Waals surface area contributed by atoms with E-state index in [1.54, 1.807) is 0 Å². The topological polar surface area (TPSA) is 68.8 Å². The van der Waals surface area contributed by atoms with Crippen LogP contribution >= 0.6 is 0 Å². The van der Waals surface area contributed by atoms with Crippen molar-refractivity contribution in [2.75, 3.05) is 5.32 Å². The summed E-state index contributed by atoms with van der Waals surface area (Å²) in [4.78, 5) is 4.87. The van der Waals surface area contributed by atoms with E-state index in [1.807, 2.05) is 71.5 Å². The number of furan rings is 1. The fourth-order valence-electron chi connectivity index (χ4n) is 3.96. The highest BCUT2D eigenvalue weighted by Crippen LogP contribution is 2.36. The van der Waals surface area contributed by atoms with Gasteiger partial charge in [0.15, 0.2) is 5.58 Å². The number of hydrogen-bond acceptors (Lipinski definition) is 5. The molecule has 0 radical (unpaired) electrons. The summed E-state index contributed by atoms with van der Waals surface area (Å²) in [6.07, 6.45) is 1.97. The van der Waals surface area contributed by atoms with Crippen LogP contribution in [0.1, 0.15) is 11.3 Å². The Bertz CT molecular complexity index is 1520. The maximum absolute atomic E-state index is 6.20. The number of pyridine rings is 1. The van der Waals surface area contributed by atoms with Crippen molar-refractivity contribution in [2.24, 2.45) is 0 Å². The highest BCUT2D eigenvalue weighted by molar-refractivity contribution is 6.13. The van der Waals surface area contributed by atoms with Crippen molar-refractivity contribution < 1.29 is 4.42 Å². The third-order valence-corrected chi connectivity index (χ3v) is 5.42. The van der Waals surface area contributed by atoms with Crippen LogP contribution in [-0.2, 0) is 13.1 Å². The molecule has 6 aromatic rings. The lowest BCUT2D eigenvalue weighted by molar-refractivity contribution is 0.649. The molecule has 0 bridgehead atoms. The Kier molecular flexibility index (Phi) is 4.13. The molecule has 0 spiro atoms. The van der Waals surface area contributed by atoms with Crippen LogP contribution in [0.25, 0.3) is 33.0 Å². The Balaban J connectivity index is 1.36. The molecule has 0 aliphatic rings. The molecule has 6 nitrogen and oxygen atoms in total. The van der Waals surface area contributed by atoms with E-state index in [9.17, 15) is 0 Å². The first-order valence-corrected chi connectivity index (χ1v) is 10.2. The average molecular weight is 405 g/mol. The van der Waals surface area contributed by atoms with Crippen LogP contribution in [0, 0.1) is 0 Å². The number of para-hydroxylation sites is 2. The Hall–Kier alpha value is -4.19.